The van der Waals surface area contributed by atoms with E-state index in [9.17, 15) is 9.18 Å². The summed E-state index contributed by atoms with van der Waals surface area (Å²) in [5.74, 6) is 0.446. The number of allylic oxidation sites excluding steroid dienone is 1. The molecule has 0 atom stereocenters. The van der Waals surface area contributed by atoms with Gasteiger partial charge in [-0.25, -0.2) is 33.7 Å². The Morgan fingerprint density at radius 2 is 1.78 bits per heavy atom. The SMILES string of the molecule is C=CCn1c(=O)c2cnc(Nc3ccc(N(C)C)cc3)nc2n1-c1cccc(-c2ncc(F)cn2)n1. The second-order valence-electron chi connectivity index (χ2n) is 8.09. The molecule has 0 spiro atoms. The van der Waals surface area contributed by atoms with Crippen LogP contribution >= 0.6 is 0 Å². The molecule has 11 heteroatoms. The van der Waals surface area contributed by atoms with E-state index in [1.807, 2.05) is 43.3 Å². The number of benzene rings is 1. The topological polar surface area (TPSA) is 107 Å². The average molecular weight is 484 g/mol. The minimum atomic E-state index is -0.542. The van der Waals surface area contributed by atoms with Gasteiger partial charge in [0, 0.05) is 31.7 Å². The minimum Gasteiger partial charge on any atom is -0.378 e. The molecule has 1 aromatic carbocycles. The van der Waals surface area contributed by atoms with Gasteiger partial charge >= 0.3 is 0 Å². The van der Waals surface area contributed by atoms with E-state index in [-0.39, 0.29) is 17.9 Å². The predicted octanol–water partition coefficient (Wildman–Crippen LogP) is 3.57. The Kier molecular flexibility index (Phi) is 5.95. The minimum absolute atomic E-state index is 0.225. The van der Waals surface area contributed by atoms with Crippen LogP contribution in [0.2, 0.25) is 0 Å². The molecule has 180 valence electrons. The third-order valence-electron chi connectivity index (χ3n) is 5.42. The van der Waals surface area contributed by atoms with Crippen molar-refractivity contribution in [1.82, 2.24) is 34.3 Å². The lowest BCUT2D eigenvalue weighted by atomic mass is 10.2. The molecule has 0 unspecified atom stereocenters. The average Bonchev–Trinajstić information content (AvgIpc) is 3.16. The molecule has 1 N–H and O–H groups in total. The highest BCUT2D eigenvalue weighted by molar-refractivity contribution is 5.77. The van der Waals surface area contributed by atoms with Crippen LogP contribution in [-0.4, -0.2) is 48.4 Å². The van der Waals surface area contributed by atoms with E-state index in [1.165, 1.54) is 10.9 Å². The highest BCUT2D eigenvalue weighted by Crippen LogP contribution is 2.21. The first-order valence-corrected chi connectivity index (χ1v) is 11.0. The lowest BCUT2D eigenvalue weighted by Gasteiger charge is -2.13. The first-order chi connectivity index (χ1) is 17.4. The monoisotopic (exact) mass is 483 g/mol. The summed E-state index contributed by atoms with van der Waals surface area (Å²) in [6.07, 6.45) is 5.25. The second-order valence-corrected chi connectivity index (χ2v) is 8.09. The fourth-order valence-corrected chi connectivity index (χ4v) is 3.69. The van der Waals surface area contributed by atoms with E-state index >= 15 is 0 Å². The molecule has 0 bridgehead atoms. The van der Waals surface area contributed by atoms with Crippen molar-refractivity contribution in [1.29, 1.82) is 0 Å². The summed E-state index contributed by atoms with van der Waals surface area (Å²) in [5, 5.41) is 3.51. The molecule has 0 fully saturated rings. The molecule has 5 aromatic rings. The molecule has 5 rings (SSSR count). The molecule has 0 saturated carbocycles. The molecule has 36 heavy (non-hydrogen) atoms. The van der Waals surface area contributed by atoms with Gasteiger partial charge < -0.3 is 10.2 Å². The number of fused-ring (bicyclic) bond motifs is 1. The van der Waals surface area contributed by atoms with Gasteiger partial charge in [0.15, 0.2) is 23.1 Å². The Balaban J connectivity index is 1.61. The number of hydrogen-bond acceptors (Lipinski definition) is 8. The quantitative estimate of drug-likeness (QED) is 0.350. The Morgan fingerprint density at radius 1 is 1.03 bits per heavy atom. The zero-order valence-electron chi connectivity index (χ0n) is 19.6. The third-order valence-corrected chi connectivity index (χ3v) is 5.42. The summed E-state index contributed by atoms with van der Waals surface area (Å²) in [4.78, 5) is 36.8. The first-order valence-electron chi connectivity index (χ1n) is 11.0. The number of aromatic nitrogens is 7. The number of nitrogens with one attached hydrogen (secondary N) is 1. The molecule has 0 aliphatic carbocycles. The number of halogens is 1. The molecule has 10 nitrogen and oxygen atoms in total. The third kappa shape index (κ3) is 4.29. The van der Waals surface area contributed by atoms with Crippen LogP contribution in [0.4, 0.5) is 21.7 Å². The maximum absolute atomic E-state index is 13.3. The van der Waals surface area contributed by atoms with Gasteiger partial charge in [-0.1, -0.05) is 12.1 Å². The van der Waals surface area contributed by atoms with Gasteiger partial charge in [-0.3, -0.25) is 4.79 Å². The van der Waals surface area contributed by atoms with Gasteiger partial charge in [0.25, 0.3) is 5.56 Å². The molecule has 4 aromatic heterocycles. The van der Waals surface area contributed by atoms with Crippen LogP contribution in [0.15, 0.2) is 78.5 Å². The lowest BCUT2D eigenvalue weighted by molar-refractivity contribution is 0.597. The summed E-state index contributed by atoms with van der Waals surface area (Å²) >= 11 is 0. The first kappa shape index (κ1) is 22.8. The molecule has 4 heterocycles. The van der Waals surface area contributed by atoms with Gasteiger partial charge in [-0.2, -0.15) is 4.98 Å². The van der Waals surface area contributed by atoms with Crippen LogP contribution in [-0.2, 0) is 6.54 Å². The van der Waals surface area contributed by atoms with Crippen molar-refractivity contribution in [3.05, 3.63) is 89.9 Å². The van der Waals surface area contributed by atoms with Gasteiger partial charge in [-0.05, 0) is 36.4 Å². The van der Waals surface area contributed by atoms with Gasteiger partial charge in [0.1, 0.15) is 11.1 Å². The van der Waals surface area contributed by atoms with Crippen LogP contribution < -0.4 is 15.8 Å². The lowest BCUT2D eigenvalue weighted by Crippen LogP contribution is -2.22. The van der Waals surface area contributed by atoms with Crippen molar-refractivity contribution in [2.75, 3.05) is 24.3 Å². The highest BCUT2D eigenvalue weighted by atomic mass is 19.1. The van der Waals surface area contributed by atoms with E-state index in [4.69, 9.17) is 0 Å². The van der Waals surface area contributed by atoms with Crippen molar-refractivity contribution in [3.63, 3.8) is 0 Å². The second kappa shape index (κ2) is 9.37. The Morgan fingerprint density at radius 3 is 2.47 bits per heavy atom. The van der Waals surface area contributed by atoms with Crippen molar-refractivity contribution in [3.8, 4) is 17.3 Å². The molecule has 0 amide bonds. The molecular formula is C25H22FN9O. The van der Waals surface area contributed by atoms with Gasteiger partial charge in [0.05, 0.1) is 18.9 Å². The predicted molar refractivity (Wildman–Crippen MR) is 136 cm³/mol. The highest BCUT2D eigenvalue weighted by Gasteiger charge is 2.18. The van der Waals surface area contributed by atoms with Crippen LogP contribution in [0.3, 0.4) is 0 Å². The van der Waals surface area contributed by atoms with E-state index in [0.717, 1.165) is 23.8 Å². The van der Waals surface area contributed by atoms with E-state index < -0.39 is 5.82 Å². The smallest absolute Gasteiger partial charge is 0.278 e. The maximum Gasteiger partial charge on any atom is 0.278 e. The van der Waals surface area contributed by atoms with E-state index in [1.54, 1.807) is 29.0 Å². The summed E-state index contributed by atoms with van der Waals surface area (Å²) in [6, 6.07) is 13.0. The molecular weight excluding hydrogens is 461 g/mol. The Hall–Kier alpha value is -4.93. The van der Waals surface area contributed by atoms with Crippen LogP contribution in [0.5, 0.6) is 0 Å². The summed E-state index contributed by atoms with van der Waals surface area (Å²) in [6.45, 7) is 3.99. The Labute approximate surface area is 205 Å². The van der Waals surface area contributed by atoms with E-state index in [2.05, 4.69) is 36.8 Å². The van der Waals surface area contributed by atoms with Crippen LogP contribution in [0.25, 0.3) is 28.4 Å². The van der Waals surface area contributed by atoms with Crippen molar-refractivity contribution < 1.29 is 4.39 Å². The Bertz CT molecular complexity index is 1610. The van der Waals surface area contributed by atoms with Gasteiger partial charge in [-0.15, -0.1) is 6.58 Å². The van der Waals surface area contributed by atoms with E-state index in [0.29, 0.717) is 28.5 Å². The van der Waals surface area contributed by atoms with Crippen LogP contribution in [0, 0.1) is 5.82 Å². The molecule has 0 aliphatic rings. The van der Waals surface area contributed by atoms with Crippen molar-refractivity contribution >= 4 is 28.4 Å². The zero-order chi connectivity index (χ0) is 25.2. The van der Waals surface area contributed by atoms with Crippen molar-refractivity contribution in [2.45, 2.75) is 6.54 Å². The molecule has 0 saturated heterocycles. The molecule has 0 aliphatic heterocycles. The number of rotatable bonds is 7. The number of anilines is 3. The zero-order valence-corrected chi connectivity index (χ0v) is 19.6. The number of nitrogens with zero attached hydrogens (tertiary/aromatic N) is 8. The maximum atomic E-state index is 13.3. The normalized spacial score (nSPS) is 11.0. The standard InChI is InChI=1S/C25H22FN9O/c1-4-12-34-24(36)19-15-29-25(30-17-8-10-18(11-9-17)33(2)3)32-23(19)35(34)21-7-5-6-20(31-21)22-27-13-16(26)14-28-22/h4-11,13-15H,1,12H2,2-3H3,(H,29,30,32). The van der Waals surface area contributed by atoms with Crippen LogP contribution in [0.1, 0.15) is 0 Å². The fourth-order valence-electron chi connectivity index (χ4n) is 3.69. The molecule has 0 radical (unpaired) electrons. The summed E-state index contributed by atoms with van der Waals surface area (Å²) in [5.41, 5.74) is 2.36. The number of pyridine rings is 1. The largest absolute Gasteiger partial charge is 0.378 e. The fraction of sp³-hybridized carbons (Fsp3) is 0.120. The summed E-state index contributed by atoms with van der Waals surface area (Å²) < 4.78 is 16.4. The number of hydrogen-bond donors (Lipinski definition) is 1. The summed E-state index contributed by atoms with van der Waals surface area (Å²) in [7, 11) is 3.94. The van der Waals surface area contributed by atoms with Crippen molar-refractivity contribution in [2.24, 2.45) is 0 Å². The van der Waals surface area contributed by atoms with Gasteiger partial charge in [0.2, 0.25) is 5.95 Å².